The Hall–Kier alpha value is -3.85. The maximum Gasteiger partial charge on any atom is 0.418 e. The Morgan fingerprint density at radius 2 is 1.68 bits per heavy atom. The van der Waals surface area contributed by atoms with E-state index < -0.39 is 11.7 Å². The van der Waals surface area contributed by atoms with Crippen LogP contribution in [0.1, 0.15) is 36.6 Å². The summed E-state index contributed by atoms with van der Waals surface area (Å²) in [6.45, 7) is 10.5. The molecule has 2 saturated heterocycles. The number of amides is 1. The molecule has 0 spiro atoms. The normalized spacial score (nSPS) is 16.9. The van der Waals surface area contributed by atoms with Crippen LogP contribution in [0, 0.1) is 11.3 Å². The first-order valence-corrected chi connectivity index (χ1v) is 13.6. The lowest BCUT2D eigenvalue weighted by atomic mass is 10.0. The number of halogens is 3. The molecule has 1 amide bonds. The van der Waals surface area contributed by atoms with Crippen LogP contribution in [-0.2, 0) is 23.9 Å². The molecule has 0 saturated carbocycles. The first-order valence-electron chi connectivity index (χ1n) is 13.6. The summed E-state index contributed by atoms with van der Waals surface area (Å²) in [4.78, 5) is 28.7. The Morgan fingerprint density at radius 1 is 1.05 bits per heavy atom. The largest absolute Gasteiger partial charge is 0.467 e. The number of alkyl halides is 3. The number of aromatic nitrogens is 2. The molecule has 0 N–H and O–H groups in total. The summed E-state index contributed by atoms with van der Waals surface area (Å²) in [7, 11) is 3.64. The molecule has 0 atom stereocenters. The second kappa shape index (κ2) is 14.7. The van der Waals surface area contributed by atoms with E-state index in [1.54, 1.807) is 21.9 Å². The lowest BCUT2D eigenvalue weighted by Crippen LogP contribution is -2.49. The number of hydrogen-bond donors (Lipinski definition) is 0. The van der Waals surface area contributed by atoms with E-state index in [1.807, 2.05) is 0 Å². The number of ether oxygens (including phenoxy) is 1. The number of likely N-dealkylation sites (tertiary alicyclic amines) is 1. The second-order valence-electron chi connectivity index (χ2n) is 9.90. The predicted molar refractivity (Wildman–Crippen MR) is 152 cm³/mol. The molecule has 2 fully saturated rings. The Balaban J connectivity index is 0.000000442. The fraction of sp³-hybridized carbons (Fsp3) is 0.517. The molecule has 41 heavy (non-hydrogen) atoms. The molecule has 0 unspecified atom stereocenters. The zero-order valence-electron chi connectivity index (χ0n) is 24.0. The van der Waals surface area contributed by atoms with Gasteiger partial charge in [0.15, 0.2) is 0 Å². The number of benzene rings is 1. The third-order valence-corrected chi connectivity index (χ3v) is 7.15. The van der Waals surface area contributed by atoms with Crippen LogP contribution in [0.15, 0.2) is 36.9 Å². The molecule has 5 rings (SSSR count). The number of piperazine rings is 1. The van der Waals surface area contributed by atoms with Gasteiger partial charge in [-0.3, -0.25) is 4.79 Å². The van der Waals surface area contributed by atoms with E-state index in [0.717, 1.165) is 17.4 Å². The number of nitriles is 1. The summed E-state index contributed by atoms with van der Waals surface area (Å²) in [6, 6.07) is 7.51. The molecule has 1 aromatic carbocycles. The number of carbonyl (C=O) groups is 1. The number of methoxy groups -OCH3 is 1. The van der Waals surface area contributed by atoms with Gasteiger partial charge in [-0.05, 0) is 57.6 Å². The highest BCUT2D eigenvalue weighted by Crippen LogP contribution is 2.39. The van der Waals surface area contributed by atoms with Gasteiger partial charge in [-0.2, -0.15) is 28.4 Å². The summed E-state index contributed by atoms with van der Waals surface area (Å²) in [5.74, 6) is 0.618. The molecule has 12 heteroatoms. The number of para-hydroxylation sites is 1. The predicted octanol–water partition coefficient (Wildman–Crippen LogP) is 4.14. The van der Waals surface area contributed by atoms with Crippen molar-refractivity contribution in [2.24, 2.45) is 0 Å². The number of rotatable bonds is 4. The topological polar surface area (TPSA) is 88.8 Å². The van der Waals surface area contributed by atoms with Crippen LogP contribution in [0.25, 0.3) is 0 Å². The molecule has 1 aromatic heterocycles. The van der Waals surface area contributed by atoms with Gasteiger partial charge in [-0.25, -0.2) is 0 Å². The summed E-state index contributed by atoms with van der Waals surface area (Å²) >= 11 is 0. The van der Waals surface area contributed by atoms with E-state index >= 15 is 0 Å². The van der Waals surface area contributed by atoms with Gasteiger partial charge in [0.1, 0.15) is 5.82 Å². The molecule has 9 nitrogen and oxygen atoms in total. The van der Waals surface area contributed by atoms with Crippen molar-refractivity contribution in [3.63, 3.8) is 0 Å². The molecule has 2 aromatic rings. The van der Waals surface area contributed by atoms with Crippen LogP contribution in [0.4, 0.5) is 24.7 Å². The van der Waals surface area contributed by atoms with Crippen molar-refractivity contribution in [2.75, 3.05) is 69.8 Å². The first-order chi connectivity index (χ1) is 19.6. The SMILES string of the molecule is C=CC(=O)N1CCN(c2nc(OC)nc3c2CCN(c2ccccc2C(F)(F)F)C3)CC1.CC#N.CN1CCCC1. The summed E-state index contributed by atoms with van der Waals surface area (Å²) < 4.78 is 45.9. The highest BCUT2D eigenvalue weighted by atomic mass is 19.4. The fourth-order valence-corrected chi connectivity index (χ4v) is 5.08. The van der Waals surface area contributed by atoms with Gasteiger partial charge >= 0.3 is 12.2 Å². The van der Waals surface area contributed by atoms with Gasteiger partial charge in [0.2, 0.25) is 5.91 Å². The third-order valence-electron chi connectivity index (χ3n) is 7.15. The smallest absolute Gasteiger partial charge is 0.418 e. The van der Waals surface area contributed by atoms with Crippen molar-refractivity contribution in [3.8, 4) is 12.1 Å². The number of anilines is 2. The van der Waals surface area contributed by atoms with Crippen LogP contribution >= 0.6 is 0 Å². The van der Waals surface area contributed by atoms with Gasteiger partial charge in [0, 0.05) is 50.9 Å². The minimum absolute atomic E-state index is 0.106. The lowest BCUT2D eigenvalue weighted by molar-refractivity contribution is -0.137. The van der Waals surface area contributed by atoms with Crippen LogP contribution < -0.4 is 14.5 Å². The van der Waals surface area contributed by atoms with E-state index in [0.29, 0.717) is 44.8 Å². The molecule has 0 bridgehead atoms. The quantitative estimate of drug-likeness (QED) is 0.505. The van der Waals surface area contributed by atoms with Gasteiger partial charge in [0.05, 0.1) is 31.0 Å². The third kappa shape index (κ3) is 8.33. The summed E-state index contributed by atoms with van der Waals surface area (Å²) in [6.07, 6.45) is 0.201. The zero-order valence-corrected chi connectivity index (χ0v) is 24.0. The molecule has 0 radical (unpaired) electrons. The van der Waals surface area contributed by atoms with Gasteiger partial charge in [0.25, 0.3) is 0 Å². The maximum atomic E-state index is 13.5. The number of hydrogen-bond acceptors (Lipinski definition) is 8. The number of fused-ring (bicyclic) bond motifs is 1. The lowest BCUT2D eigenvalue weighted by Gasteiger charge is -2.38. The Labute approximate surface area is 239 Å². The van der Waals surface area contributed by atoms with Crippen LogP contribution in [-0.4, -0.2) is 85.6 Å². The highest BCUT2D eigenvalue weighted by molar-refractivity contribution is 5.87. The minimum Gasteiger partial charge on any atom is -0.467 e. The molecule has 3 aliphatic heterocycles. The second-order valence-corrected chi connectivity index (χ2v) is 9.90. The Kier molecular flexibility index (Phi) is 11.3. The van der Waals surface area contributed by atoms with Crippen LogP contribution in [0.2, 0.25) is 0 Å². The van der Waals surface area contributed by atoms with Crippen molar-refractivity contribution in [2.45, 2.75) is 38.9 Å². The van der Waals surface area contributed by atoms with Gasteiger partial charge in [-0.15, -0.1) is 0 Å². The van der Waals surface area contributed by atoms with E-state index in [-0.39, 0.29) is 24.1 Å². The van der Waals surface area contributed by atoms with E-state index in [9.17, 15) is 18.0 Å². The molecular weight excluding hydrogens is 535 g/mol. The van der Waals surface area contributed by atoms with E-state index in [2.05, 4.69) is 33.4 Å². The number of nitrogens with zero attached hydrogens (tertiary/aromatic N) is 7. The molecule has 222 valence electrons. The van der Waals surface area contributed by atoms with Crippen molar-refractivity contribution >= 4 is 17.4 Å². The van der Waals surface area contributed by atoms with Crippen molar-refractivity contribution in [1.29, 1.82) is 5.26 Å². The molecule has 3 aliphatic rings. The van der Waals surface area contributed by atoms with Gasteiger partial charge < -0.3 is 24.3 Å². The van der Waals surface area contributed by atoms with Crippen molar-refractivity contribution < 1.29 is 22.7 Å². The Morgan fingerprint density at radius 3 is 2.22 bits per heavy atom. The van der Waals surface area contributed by atoms with Crippen LogP contribution in [0.5, 0.6) is 6.01 Å². The summed E-state index contributed by atoms with van der Waals surface area (Å²) in [5.41, 5.74) is 1.05. The summed E-state index contributed by atoms with van der Waals surface area (Å²) in [5, 5.41) is 7.32. The van der Waals surface area contributed by atoms with Crippen molar-refractivity contribution in [3.05, 3.63) is 53.7 Å². The Bertz CT molecular complexity index is 1220. The van der Waals surface area contributed by atoms with E-state index in [4.69, 9.17) is 10.00 Å². The fourth-order valence-electron chi connectivity index (χ4n) is 5.08. The highest BCUT2D eigenvalue weighted by Gasteiger charge is 2.36. The first kappa shape index (κ1) is 31.7. The molecule has 4 heterocycles. The van der Waals surface area contributed by atoms with E-state index in [1.165, 1.54) is 58.2 Å². The van der Waals surface area contributed by atoms with Crippen LogP contribution in [0.3, 0.4) is 0 Å². The minimum atomic E-state index is -4.44. The average molecular weight is 574 g/mol. The standard InChI is InChI=1S/C22H24F3N5O2.C5H11N.C2H3N/c1-3-19(31)28-10-12-29(13-11-28)20-15-8-9-30(14-17(15)26-21(27-20)32-2)18-7-5-4-6-16(18)22(23,24)25;1-6-4-2-3-5-6;1-2-3/h3-7H,1,8-14H2,2H3;2-5H2,1H3;1H3. The molecule has 0 aliphatic carbocycles. The molecular formula is C29H38F3N7O2. The number of carbonyl (C=O) groups excluding carboxylic acids is 1. The van der Waals surface area contributed by atoms with Crippen molar-refractivity contribution in [1.82, 2.24) is 19.8 Å². The zero-order chi connectivity index (χ0) is 30.0. The van der Waals surface area contributed by atoms with Gasteiger partial charge in [-0.1, -0.05) is 18.7 Å². The maximum absolute atomic E-state index is 13.5. The monoisotopic (exact) mass is 573 g/mol. The average Bonchev–Trinajstić information content (AvgIpc) is 3.47.